The van der Waals surface area contributed by atoms with E-state index in [1.807, 2.05) is 0 Å². The summed E-state index contributed by atoms with van der Waals surface area (Å²) < 4.78 is 5.24. The zero-order valence-electron chi connectivity index (χ0n) is 12.2. The van der Waals surface area contributed by atoms with Crippen LogP contribution >= 0.6 is 12.4 Å². The maximum absolute atomic E-state index is 12.1. The number of aryl methyl sites for hydroxylation is 1. The summed E-state index contributed by atoms with van der Waals surface area (Å²) in [5.74, 6) is 0.316. The average molecular weight is 315 g/mol. The Kier molecular flexibility index (Phi) is 6.02. The van der Waals surface area contributed by atoms with Crippen molar-refractivity contribution in [3.05, 3.63) is 17.0 Å². The van der Waals surface area contributed by atoms with Crippen LogP contribution in [0.1, 0.15) is 34.7 Å². The topological polar surface area (TPSA) is 70.4 Å². The highest BCUT2D eigenvalue weighted by Gasteiger charge is 2.23. The molecule has 3 rings (SSSR count). The summed E-state index contributed by atoms with van der Waals surface area (Å²) in [6.07, 6.45) is 4.12. The first-order chi connectivity index (χ1) is 9.84. The summed E-state index contributed by atoms with van der Waals surface area (Å²) in [4.78, 5) is 14.5. The third-order valence-corrected chi connectivity index (χ3v) is 4.09. The van der Waals surface area contributed by atoms with Gasteiger partial charge in [0.2, 0.25) is 5.76 Å². The van der Waals surface area contributed by atoms with E-state index in [0.717, 1.165) is 69.7 Å². The van der Waals surface area contributed by atoms with Gasteiger partial charge >= 0.3 is 0 Å². The van der Waals surface area contributed by atoms with E-state index in [1.165, 1.54) is 0 Å². The minimum absolute atomic E-state index is 0. The van der Waals surface area contributed by atoms with Crippen molar-refractivity contribution in [2.24, 2.45) is 0 Å². The Bertz CT molecular complexity index is 472. The van der Waals surface area contributed by atoms with E-state index >= 15 is 0 Å². The number of aromatic nitrogens is 1. The summed E-state index contributed by atoms with van der Waals surface area (Å²) >= 11 is 0. The first-order valence-electron chi connectivity index (χ1n) is 7.53. The minimum atomic E-state index is -0.115. The number of rotatable bonds is 4. The molecule has 0 spiro atoms. The van der Waals surface area contributed by atoms with Crippen molar-refractivity contribution in [2.75, 3.05) is 39.3 Å². The molecule has 2 heterocycles. The van der Waals surface area contributed by atoms with Crippen LogP contribution in [0.5, 0.6) is 0 Å². The quantitative estimate of drug-likeness (QED) is 0.852. The number of carbonyl (C=O) groups is 1. The number of carbonyl (C=O) groups excluding carboxylic acids is 1. The fraction of sp³-hybridized carbons (Fsp3) is 0.714. The van der Waals surface area contributed by atoms with E-state index in [4.69, 9.17) is 4.52 Å². The number of hydrogen-bond donors (Lipinski definition) is 2. The summed E-state index contributed by atoms with van der Waals surface area (Å²) in [5.41, 5.74) is 2.00. The van der Waals surface area contributed by atoms with Crippen molar-refractivity contribution in [3.8, 4) is 0 Å². The molecule has 0 atom stereocenters. The number of fused-ring (bicyclic) bond motifs is 1. The summed E-state index contributed by atoms with van der Waals surface area (Å²) in [5, 5.41) is 10.3. The standard InChI is InChI=1S/C14H22N4O2.ClH/c19-14(16-7-10-18-8-5-15-6-9-18)13-11-3-1-2-4-12(11)17-20-13;/h15H,1-10H2,(H,16,19);1H. The fourth-order valence-electron chi connectivity index (χ4n) is 2.91. The van der Waals surface area contributed by atoms with Crippen LogP contribution in [-0.2, 0) is 12.8 Å². The van der Waals surface area contributed by atoms with Gasteiger partial charge in [0.05, 0.1) is 5.69 Å². The van der Waals surface area contributed by atoms with Crippen LogP contribution in [0.15, 0.2) is 4.52 Å². The van der Waals surface area contributed by atoms with Gasteiger partial charge in [0, 0.05) is 44.8 Å². The summed E-state index contributed by atoms with van der Waals surface area (Å²) in [6, 6.07) is 0. The van der Waals surface area contributed by atoms with Gasteiger partial charge in [0.15, 0.2) is 0 Å². The predicted molar refractivity (Wildman–Crippen MR) is 82.0 cm³/mol. The van der Waals surface area contributed by atoms with E-state index in [9.17, 15) is 4.79 Å². The molecular weight excluding hydrogens is 292 g/mol. The molecule has 118 valence electrons. The van der Waals surface area contributed by atoms with Crippen LogP contribution in [0.4, 0.5) is 0 Å². The van der Waals surface area contributed by atoms with Crippen LogP contribution in [0.3, 0.4) is 0 Å². The van der Waals surface area contributed by atoms with Gasteiger partial charge < -0.3 is 15.2 Å². The second kappa shape index (κ2) is 7.77. The minimum Gasteiger partial charge on any atom is -0.350 e. The average Bonchev–Trinajstić information content (AvgIpc) is 2.92. The maximum Gasteiger partial charge on any atom is 0.290 e. The Balaban J connectivity index is 0.00000161. The lowest BCUT2D eigenvalue weighted by molar-refractivity contribution is 0.0909. The normalized spacial score (nSPS) is 18.7. The number of amides is 1. The third-order valence-electron chi connectivity index (χ3n) is 4.09. The molecule has 2 aliphatic rings. The van der Waals surface area contributed by atoms with Gasteiger partial charge in [-0.25, -0.2) is 0 Å². The van der Waals surface area contributed by atoms with Gasteiger partial charge in [-0.3, -0.25) is 9.69 Å². The van der Waals surface area contributed by atoms with E-state index < -0.39 is 0 Å². The molecule has 1 amide bonds. The van der Waals surface area contributed by atoms with Gasteiger partial charge in [-0.1, -0.05) is 5.16 Å². The molecule has 1 fully saturated rings. The van der Waals surface area contributed by atoms with Crippen LogP contribution in [-0.4, -0.2) is 55.2 Å². The second-order valence-corrected chi connectivity index (χ2v) is 5.49. The van der Waals surface area contributed by atoms with E-state index in [0.29, 0.717) is 12.3 Å². The zero-order chi connectivity index (χ0) is 13.8. The summed E-state index contributed by atoms with van der Waals surface area (Å²) in [6.45, 7) is 5.71. The Hall–Kier alpha value is -1.11. The molecule has 21 heavy (non-hydrogen) atoms. The number of nitrogens with zero attached hydrogens (tertiary/aromatic N) is 2. The Morgan fingerprint density at radius 3 is 2.86 bits per heavy atom. The largest absolute Gasteiger partial charge is 0.350 e. The molecule has 6 nitrogen and oxygen atoms in total. The van der Waals surface area contributed by atoms with Crippen molar-refractivity contribution in [2.45, 2.75) is 25.7 Å². The van der Waals surface area contributed by atoms with E-state index in [-0.39, 0.29) is 18.3 Å². The van der Waals surface area contributed by atoms with Gasteiger partial charge in [0.25, 0.3) is 5.91 Å². The Labute approximate surface area is 131 Å². The predicted octanol–water partition coefficient (Wildman–Crippen LogP) is 0.610. The number of halogens is 1. The third kappa shape index (κ3) is 3.96. The highest BCUT2D eigenvalue weighted by atomic mass is 35.5. The van der Waals surface area contributed by atoms with Crippen LogP contribution in [0, 0.1) is 0 Å². The highest BCUT2D eigenvalue weighted by molar-refractivity contribution is 5.93. The molecule has 0 aromatic carbocycles. The number of hydrogen-bond acceptors (Lipinski definition) is 5. The SMILES string of the molecule is Cl.O=C(NCCN1CCNCC1)c1onc2c1CCCC2. The molecule has 1 aliphatic heterocycles. The van der Waals surface area contributed by atoms with Crippen molar-refractivity contribution < 1.29 is 9.32 Å². The van der Waals surface area contributed by atoms with Crippen molar-refractivity contribution in [1.29, 1.82) is 0 Å². The molecule has 0 saturated carbocycles. The van der Waals surface area contributed by atoms with Crippen LogP contribution in [0.25, 0.3) is 0 Å². The molecule has 1 aromatic rings. The molecule has 1 saturated heterocycles. The molecule has 1 aromatic heterocycles. The lowest BCUT2D eigenvalue weighted by Crippen LogP contribution is -2.46. The smallest absolute Gasteiger partial charge is 0.290 e. The van der Waals surface area contributed by atoms with E-state index in [2.05, 4.69) is 20.7 Å². The van der Waals surface area contributed by atoms with Gasteiger partial charge in [-0.2, -0.15) is 0 Å². The fourth-order valence-corrected chi connectivity index (χ4v) is 2.91. The first-order valence-corrected chi connectivity index (χ1v) is 7.53. The van der Waals surface area contributed by atoms with Crippen molar-refractivity contribution in [1.82, 2.24) is 20.7 Å². The Morgan fingerprint density at radius 2 is 2.05 bits per heavy atom. The van der Waals surface area contributed by atoms with Gasteiger partial charge in [-0.05, 0) is 25.7 Å². The molecule has 0 radical (unpaired) electrons. The molecule has 0 unspecified atom stereocenters. The highest BCUT2D eigenvalue weighted by Crippen LogP contribution is 2.23. The number of piperazine rings is 1. The van der Waals surface area contributed by atoms with E-state index in [1.54, 1.807) is 0 Å². The molecule has 7 heteroatoms. The van der Waals surface area contributed by atoms with Crippen LogP contribution < -0.4 is 10.6 Å². The lowest BCUT2D eigenvalue weighted by Gasteiger charge is -2.26. The molecular formula is C14H23ClN4O2. The molecule has 1 aliphatic carbocycles. The van der Waals surface area contributed by atoms with Gasteiger partial charge in [0.1, 0.15) is 0 Å². The van der Waals surface area contributed by atoms with Gasteiger partial charge in [-0.15, -0.1) is 12.4 Å². The first kappa shape index (κ1) is 16.3. The number of nitrogens with one attached hydrogen (secondary N) is 2. The molecule has 0 bridgehead atoms. The van der Waals surface area contributed by atoms with Crippen molar-refractivity contribution >= 4 is 18.3 Å². The second-order valence-electron chi connectivity index (χ2n) is 5.49. The van der Waals surface area contributed by atoms with Crippen molar-refractivity contribution in [3.63, 3.8) is 0 Å². The monoisotopic (exact) mass is 314 g/mol. The Morgan fingerprint density at radius 1 is 1.29 bits per heavy atom. The lowest BCUT2D eigenvalue weighted by atomic mass is 9.96. The van der Waals surface area contributed by atoms with Crippen LogP contribution in [0.2, 0.25) is 0 Å². The molecule has 2 N–H and O–H groups in total. The summed E-state index contributed by atoms with van der Waals surface area (Å²) in [7, 11) is 0. The zero-order valence-corrected chi connectivity index (χ0v) is 13.0. The maximum atomic E-state index is 12.1.